The summed E-state index contributed by atoms with van der Waals surface area (Å²) in [5.74, 6) is -0.487. The van der Waals surface area contributed by atoms with Crippen LogP contribution in [-0.4, -0.2) is 31.1 Å². The molecule has 4 aromatic rings. The molecule has 0 saturated heterocycles. The van der Waals surface area contributed by atoms with Gasteiger partial charge in [-0.05, 0) is 55.2 Å². The van der Waals surface area contributed by atoms with Crippen molar-refractivity contribution >= 4 is 34.1 Å². The van der Waals surface area contributed by atoms with E-state index in [2.05, 4.69) is 29.9 Å². The van der Waals surface area contributed by atoms with E-state index in [1.165, 1.54) is 12.1 Å². The monoisotopic (exact) mass is 514 g/mol. The second-order valence-corrected chi connectivity index (χ2v) is 8.10. The van der Waals surface area contributed by atoms with E-state index in [0.29, 0.717) is 23.2 Å². The first-order valence-electron chi connectivity index (χ1n) is 10.1. The molecular weight excluding hydrogens is 498 g/mol. The molecule has 0 aromatic carbocycles. The Kier molecular flexibility index (Phi) is 6.49. The minimum atomic E-state index is -4.64. The molecule has 0 saturated carbocycles. The predicted molar refractivity (Wildman–Crippen MR) is 116 cm³/mol. The van der Waals surface area contributed by atoms with Gasteiger partial charge >= 0.3 is 12.4 Å². The first-order chi connectivity index (χ1) is 16.5. The SMILES string of the molecule is CCCOc1nc(Nc2cc(C)nc3nc(-c4nnsc4C(F)(F)F)ccc23)ccc1C(F)(F)F. The highest BCUT2D eigenvalue weighted by atomic mass is 32.1. The van der Waals surface area contributed by atoms with Crippen LogP contribution in [0.5, 0.6) is 5.88 Å². The van der Waals surface area contributed by atoms with Gasteiger partial charge in [-0.2, -0.15) is 31.3 Å². The summed E-state index contributed by atoms with van der Waals surface area (Å²) in [5.41, 5.74) is -0.509. The number of alkyl halides is 6. The van der Waals surface area contributed by atoms with Gasteiger partial charge in [-0.15, -0.1) is 5.10 Å². The number of nitrogens with zero attached hydrogens (tertiary/aromatic N) is 5. The van der Waals surface area contributed by atoms with Crippen molar-refractivity contribution in [2.75, 3.05) is 11.9 Å². The molecule has 4 aromatic heterocycles. The highest BCUT2D eigenvalue weighted by Crippen LogP contribution is 2.39. The van der Waals surface area contributed by atoms with Gasteiger partial charge in [0.2, 0.25) is 5.88 Å². The first-order valence-corrected chi connectivity index (χ1v) is 10.9. The summed E-state index contributed by atoms with van der Waals surface area (Å²) in [6, 6.07) is 6.46. The van der Waals surface area contributed by atoms with E-state index in [1.807, 2.05) is 0 Å². The smallest absolute Gasteiger partial charge is 0.429 e. The van der Waals surface area contributed by atoms with Crippen molar-refractivity contribution in [3.8, 4) is 17.3 Å². The molecule has 0 unspecified atom stereocenters. The van der Waals surface area contributed by atoms with Crippen LogP contribution in [0.2, 0.25) is 0 Å². The molecule has 0 atom stereocenters. The third kappa shape index (κ3) is 5.26. The van der Waals surface area contributed by atoms with E-state index in [9.17, 15) is 26.3 Å². The fraction of sp³-hybridized carbons (Fsp3) is 0.286. The van der Waals surface area contributed by atoms with Crippen molar-refractivity contribution in [3.63, 3.8) is 0 Å². The zero-order chi connectivity index (χ0) is 25.4. The summed E-state index contributed by atoms with van der Waals surface area (Å²) in [5, 5.41) is 6.90. The molecular formula is C21H16F6N6OS. The molecule has 14 heteroatoms. The van der Waals surface area contributed by atoms with Gasteiger partial charge in [-0.25, -0.2) is 9.97 Å². The quantitative estimate of drug-likeness (QED) is 0.297. The number of hydrogen-bond acceptors (Lipinski definition) is 8. The van der Waals surface area contributed by atoms with E-state index < -0.39 is 34.4 Å². The topological polar surface area (TPSA) is 85.7 Å². The fourth-order valence-corrected chi connectivity index (χ4v) is 3.72. The average molecular weight is 514 g/mol. The number of pyridine rings is 3. The van der Waals surface area contributed by atoms with Crippen molar-refractivity contribution in [1.29, 1.82) is 0 Å². The maximum absolute atomic E-state index is 13.3. The summed E-state index contributed by atoms with van der Waals surface area (Å²) in [7, 11) is 0. The minimum Gasteiger partial charge on any atom is -0.477 e. The van der Waals surface area contributed by atoms with Crippen LogP contribution in [0.25, 0.3) is 22.4 Å². The first kappa shape index (κ1) is 24.6. The number of hydrogen-bond donors (Lipinski definition) is 1. The minimum absolute atomic E-state index is 0.0505. The molecule has 4 rings (SSSR count). The Morgan fingerprint density at radius 3 is 2.43 bits per heavy atom. The predicted octanol–water partition coefficient (Wildman–Crippen LogP) is 6.42. The van der Waals surface area contributed by atoms with Gasteiger partial charge in [0.25, 0.3) is 0 Å². The summed E-state index contributed by atoms with van der Waals surface area (Å²) in [4.78, 5) is 11.5. The number of rotatable bonds is 6. The van der Waals surface area contributed by atoms with Crippen LogP contribution in [0.1, 0.15) is 29.5 Å². The molecule has 7 nitrogen and oxygen atoms in total. The standard InChI is InChI=1S/C21H16F6N6OS/c1-3-8-34-19-12(20(22,23)24)5-7-15(31-19)29-14-9-10(2)28-18-11(14)4-6-13(30-18)16-17(21(25,26)27)35-33-32-16/h4-7,9H,3,8H2,1-2H3,(H,28,29,30,31). The molecule has 1 N–H and O–H groups in total. The van der Waals surface area contributed by atoms with E-state index in [-0.39, 0.29) is 35.3 Å². The Hall–Kier alpha value is -3.55. The number of halogens is 6. The Labute approximate surface area is 198 Å². The molecule has 0 spiro atoms. The molecule has 0 fully saturated rings. The lowest BCUT2D eigenvalue weighted by Gasteiger charge is -2.15. The van der Waals surface area contributed by atoms with Crippen molar-refractivity contribution in [2.45, 2.75) is 32.6 Å². The fourth-order valence-electron chi connectivity index (χ4n) is 3.18. The van der Waals surface area contributed by atoms with Crippen LogP contribution in [0.3, 0.4) is 0 Å². The van der Waals surface area contributed by atoms with Crippen molar-refractivity contribution in [1.82, 2.24) is 24.5 Å². The van der Waals surface area contributed by atoms with Gasteiger partial charge in [-0.3, -0.25) is 0 Å². The van der Waals surface area contributed by atoms with Crippen LogP contribution in [-0.2, 0) is 12.4 Å². The lowest BCUT2D eigenvalue weighted by Crippen LogP contribution is -2.11. The Balaban J connectivity index is 1.74. The van der Waals surface area contributed by atoms with Gasteiger partial charge in [0.05, 0.1) is 18.0 Å². The van der Waals surface area contributed by atoms with Gasteiger partial charge in [-0.1, -0.05) is 11.4 Å². The molecule has 35 heavy (non-hydrogen) atoms. The Morgan fingerprint density at radius 1 is 0.971 bits per heavy atom. The highest BCUT2D eigenvalue weighted by Gasteiger charge is 2.38. The summed E-state index contributed by atoms with van der Waals surface area (Å²) in [6.45, 7) is 3.44. The molecule has 0 aliphatic heterocycles. The van der Waals surface area contributed by atoms with E-state index in [0.717, 1.165) is 12.1 Å². The second-order valence-electron chi connectivity index (χ2n) is 7.35. The zero-order valence-corrected chi connectivity index (χ0v) is 18.9. The molecule has 0 bridgehead atoms. The lowest BCUT2D eigenvalue weighted by atomic mass is 10.1. The Morgan fingerprint density at radius 2 is 1.74 bits per heavy atom. The maximum Gasteiger partial charge on any atom is 0.429 e. The Bertz CT molecular complexity index is 1370. The third-order valence-electron chi connectivity index (χ3n) is 4.66. The van der Waals surface area contributed by atoms with Crippen LogP contribution in [0, 0.1) is 6.92 Å². The van der Waals surface area contributed by atoms with E-state index >= 15 is 0 Å². The van der Waals surface area contributed by atoms with Crippen molar-refractivity contribution in [2.24, 2.45) is 0 Å². The molecule has 0 radical (unpaired) electrons. The molecule has 0 aliphatic carbocycles. The summed E-state index contributed by atoms with van der Waals surface area (Å²) in [6.07, 6.45) is -8.79. The van der Waals surface area contributed by atoms with Crippen molar-refractivity contribution < 1.29 is 31.1 Å². The van der Waals surface area contributed by atoms with Crippen LogP contribution in [0.4, 0.5) is 37.8 Å². The van der Waals surface area contributed by atoms with Crippen LogP contribution in [0.15, 0.2) is 30.3 Å². The number of nitrogens with one attached hydrogen (secondary N) is 1. The third-order valence-corrected chi connectivity index (χ3v) is 5.43. The largest absolute Gasteiger partial charge is 0.477 e. The van der Waals surface area contributed by atoms with Gasteiger partial charge in [0.1, 0.15) is 17.1 Å². The number of fused-ring (bicyclic) bond motifs is 1. The number of aromatic nitrogens is 5. The summed E-state index contributed by atoms with van der Waals surface area (Å²) >= 11 is 0.215. The molecule has 0 amide bonds. The molecule has 184 valence electrons. The number of aryl methyl sites for hydroxylation is 1. The van der Waals surface area contributed by atoms with Crippen LogP contribution < -0.4 is 10.1 Å². The second kappa shape index (κ2) is 9.24. The van der Waals surface area contributed by atoms with E-state index in [4.69, 9.17) is 4.74 Å². The van der Waals surface area contributed by atoms with Crippen molar-refractivity contribution in [3.05, 3.63) is 46.5 Å². The summed E-state index contributed by atoms with van der Waals surface area (Å²) < 4.78 is 88.3. The van der Waals surface area contributed by atoms with Gasteiger partial charge in [0, 0.05) is 11.1 Å². The number of ether oxygens (including phenoxy) is 1. The zero-order valence-electron chi connectivity index (χ0n) is 18.1. The maximum atomic E-state index is 13.3. The lowest BCUT2D eigenvalue weighted by molar-refractivity contribution is -0.139. The normalized spacial score (nSPS) is 12.2. The van der Waals surface area contributed by atoms with Gasteiger partial charge < -0.3 is 10.1 Å². The highest BCUT2D eigenvalue weighted by molar-refractivity contribution is 7.06. The molecule has 4 heterocycles. The number of anilines is 2. The average Bonchev–Trinajstić information content (AvgIpc) is 3.27. The van der Waals surface area contributed by atoms with Gasteiger partial charge in [0.15, 0.2) is 10.5 Å². The van der Waals surface area contributed by atoms with Crippen LogP contribution >= 0.6 is 11.5 Å². The van der Waals surface area contributed by atoms with E-state index in [1.54, 1.807) is 19.9 Å². The molecule has 0 aliphatic rings.